The molecule has 0 radical (unpaired) electrons. The second-order valence-corrected chi connectivity index (χ2v) is 31.2. The number of unbranched alkanes of at least 4 members (excludes halogenated alkanes) is 3. The van der Waals surface area contributed by atoms with Crippen LogP contribution in [0.5, 0.6) is 5.75 Å². The van der Waals surface area contributed by atoms with Crippen molar-refractivity contribution in [2.24, 2.45) is 17.8 Å². The maximum atomic E-state index is 13.1. The van der Waals surface area contributed by atoms with Gasteiger partial charge in [-0.3, -0.25) is 24.5 Å². The summed E-state index contributed by atoms with van der Waals surface area (Å²) < 4.78 is 6.14. The first-order valence-corrected chi connectivity index (χ1v) is 40.1. The first kappa shape index (κ1) is 78.8. The van der Waals surface area contributed by atoms with Gasteiger partial charge in [0.1, 0.15) is 11.9 Å². The van der Waals surface area contributed by atoms with Crippen LogP contribution in [0.2, 0.25) is 0 Å². The Bertz CT molecular complexity index is 4780. The molecule has 3 heterocycles. The Morgan fingerprint density at radius 3 is 1.33 bits per heavy atom. The van der Waals surface area contributed by atoms with Gasteiger partial charge in [-0.1, -0.05) is 198 Å². The molecule has 0 spiro atoms. The number of carbonyl (C=O) groups excluding carboxylic acids is 3. The Morgan fingerprint density at radius 1 is 0.464 bits per heavy atom. The van der Waals surface area contributed by atoms with Crippen molar-refractivity contribution in [3.8, 4) is 39.1 Å². The number of benzene rings is 8. The molecule has 13 nitrogen and oxygen atoms in total. The van der Waals surface area contributed by atoms with Crippen LogP contribution in [-0.2, 0) is 6.42 Å². The number of anilines is 2. The van der Waals surface area contributed by atoms with Crippen molar-refractivity contribution in [2.75, 3.05) is 29.9 Å². The molecule has 4 aliphatic rings. The van der Waals surface area contributed by atoms with Gasteiger partial charge in [0, 0.05) is 60.2 Å². The SMILES string of the molecule is C=C(O)CC1CCC(c2ccc(-c3ccc4c(C(=O)NCCc5ccccc5)cc(C)nc4c3)cc2)CC1.C=C(O)CC1CCC(c2ccc(-c3ccc4c(C(=O)Nc5ccccc5)cc(C)nc4c3)cc2)CC1.C=C(O)CC1CCC(c2ccc(-c3ccc4c(c3)OC(C)CN4C(=O)NCCCCCC)cc2)CC1. The van der Waals surface area contributed by atoms with Gasteiger partial charge in [0.25, 0.3) is 11.8 Å². The number of rotatable bonds is 23. The third kappa shape index (κ3) is 21.4. The quantitative estimate of drug-likeness (QED) is 0.0268. The summed E-state index contributed by atoms with van der Waals surface area (Å²) in [6, 6.07) is 68.6. The molecule has 1 atom stereocenters. The Labute approximate surface area is 651 Å². The van der Waals surface area contributed by atoms with Crippen LogP contribution in [0.15, 0.2) is 237 Å². The topological polar surface area (TPSA) is 186 Å². The lowest BCUT2D eigenvalue weighted by molar-refractivity contribution is 0.0954. The third-order valence-corrected chi connectivity index (χ3v) is 22.8. The van der Waals surface area contributed by atoms with Gasteiger partial charge in [-0.15, -0.1) is 0 Å². The van der Waals surface area contributed by atoms with Gasteiger partial charge in [-0.05, 0) is 250 Å². The second kappa shape index (κ2) is 38.0. The summed E-state index contributed by atoms with van der Waals surface area (Å²) in [5, 5.41) is 39.4. The maximum Gasteiger partial charge on any atom is 0.322 e. The largest absolute Gasteiger partial charge is 0.513 e. The molecule has 13 heteroatoms. The zero-order chi connectivity index (χ0) is 77.0. The first-order chi connectivity index (χ1) is 53.4. The fourth-order valence-electron chi connectivity index (χ4n) is 16.8. The van der Waals surface area contributed by atoms with E-state index in [1.807, 2.05) is 105 Å². The molecule has 0 saturated heterocycles. The van der Waals surface area contributed by atoms with Gasteiger partial charge in [-0.2, -0.15) is 0 Å². The normalized spacial score (nSPS) is 18.7. The summed E-state index contributed by atoms with van der Waals surface area (Å²) in [6.07, 6.45) is 21.3. The number of nitrogens with zero attached hydrogens (tertiary/aromatic N) is 3. The number of nitrogens with one attached hydrogen (secondary N) is 3. The van der Waals surface area contributed by atoms with Crippen molar-refractivity contribution in [1.82, 2.24) is 20.6 Å². The molecule has 8 aromatic carbocycles. The van der Waals surface area contributed by atoms with Crippen molar-refractivity contribution in [1.29, 1.82) is 0 Å². The van der Waals surface area contributed by atoms with Crippen molar-refractivity contribution in [3.63, 3.8) is 0 Å². The number of pyridine rings is 2. The van der Waals surface area contributed by atoms with E-state index in [9.17, 15) is 29.7 Å². The average molecular weight is 1470 g/mol. The summed E-state index contributed by atoms with van der Waals surface area (Å²) >= 11 is 0. The fraction of sp³-hybridized carbons (Fsp3) is 0.351. The predicted octanol–water partition coefficient (Wildman–Crippen LogP) is 24.1. The third-order valence-electron chi connectivity index (χ3n) is 22.8. The van der Waals surface area contributed by atoms with Crippen molar-refractivity contribution in [3.05, 3.63) is 282 Å². The van der Waals surface area contributed by atoms with E-state index in [1.165, 1.54) is 47.9 Å². The van der Waals surface area contributed by atoms with E-state index < -0.39 is 0 Å². The number of urea groups is 1. The average Bonchev–Trinajstić information content (AvgIpc) is 0.793. The van der Waals surface area contributed by atoms with Crippen LogP contribution in [0, 0.1) is 31.6 Å². The molecule has 1 aliphatic heterocycles. The van der Waals surface area contributed by atoms with Crippen molar-refractivity contribution >= 4 is 51.0 Å². The Hall–Kier alpha value is -10.8. The van der Waals surface area contributed by atoms with Crippen molar-refractivity contribution in [2.45, 2.75) is 180 Å². The minimum absolute atomic E-state index is 0.0435. The first-order valence-electron chi connectivity index (χ1n) is 40.1. The molecule has 6 N–H and O–H groups in total. The van der Waals surface area contributed by atoms with Crippen LogP contribution in [0.3, 0.4) is 0 Å². The fourth-order valence-corrected chi connectivity index (χ4v) is 16.8. The summed E-state index contributed by atoms with van der Waals surface area (Å²) in [5.74, 6) is 4.95. The minimum Gasteiger partial charge on any atom is -0.513 e. The standard InChI is InChI=1S/C34H36N2O2.C32H32N2O2.C31H42N2O3/c1-23-20-32(34(38)35-19-18-25-6-4-3-5-7-25)31-17-16-30(22-33(31)36-23)29-14-12-28(13-15-29)27-10-8-26(9-11-27)21-24(2)37;1-21-18-30(32(36)34-28-6-4-3-5-7-28)29-17-16-27(20-31(29)33-21)26-14-12-25(13-15-26)24-10-8-23(9-11-24)19-22(2)35;1-4-5-6-7-18-32-31(35)33-21-23(3)36-30-20-28(16-17-29(30)33)27-14-12-26(13-15-27)25-10-8-24(9-11-25)19-22(2)34/h3-7,12-17,20,22,26-27,37H,2,8-11,18-19,21H2,1H3,(H,35,38);3-7,12-18,20,23-24,35H,2,8-11,19H2,1H3,(H,34,36);12-17,20,23-25,34H,2,4-11,18-19,21H2,1,3H3,(H,32,35). The molecular weight excluding hydrogens is 1360 g/mol. The number of para-hydroxylation sites is 1. The molecule has 3 saturated carbocycles. The highest BCUT2D eigenvalue weighted by molar-refractivity contribution is 6.13. The van der Waals surface area contributed by atoms with Gasteiger partial charge in [0.05, 0.1) is 51.7 Å². The number of amides is 4. The van der Waals surface area contributed by atoms with E-state index in [1.54, 1.807) is 0 Å². The van der Waals surface area contributed by atoms with E-state index in [-0.39, 0.29) is 23.9 Å². The molecule has 110 heavy (non-hydrogen) atoms. The van der Waals surface area contributed by atoms with E-state index in [2.05, 4.69) is 164 Å². The number of carbonyl (C=O) groups is 3. The monoisotopic (exact) mass is 1470 g/mol. The number of fused-ring (bicyclic) bond motifs is 3. The van der Waals surface area contributed by atoms with Crippen LogP contribution in [0.4, 0.5) is 16.2 Å². The lowest BCUT2D eigenvalue weighted by Crippen LogP contribution is -2.47. The van der Waals surface area contributed by atoms with Crippen LogP contribution < -0.4 is 25.6 Å². The second-order valence-electron chi connectivity index (χ2n) is 31.2. The number of aromatic nitrogens is 2. The van der Waals surface area contributed by atoms with Gasteiger partial charge in [-0.25, -0.2) is 4.79 Å². The molecule has 10 aromatic rings. The van der Waals surface area contributed by atoms with Crippen molar-refractivity contribution < 1.29 is 34.4 Å². The molecule has 1 unspecified atom stereocenters. The molecular formula is C97H110N6O7. The molecule has 2 aromatic heterocycles. The number of aliphatic hydroxyl groups excluding tert-OH is 3. The van der Waals surface area contributed by atoms with Gasteiger partial charge in [0.15, 0.2) is 0 Å². The minimum atomic E-state index is -0.133. The number of allylic oxidation sites excluding steroid dienone is 3. The Kier molecular flexibility index (Phi) is 27.2. The molecule has 570 valence electrons. The highest BCUT2D eigenvalue weighted by Gasteiger charge is 2.30. The summed E-state index contributed by atoms with van der Waals surface area (Å²) in [5.41, 5.74) is 18.3. The highest BCUT2D eigenvalue weighted by atomic mass is 16.5. The zero-order valence-electron chi connectivity index (χ0n) is 64.8. The van der Waals surface area contributed by atoms with E-state index in [4.69, 9.17) is 14.7 Å². The number of aliphatic hydroxyl groups is 3. The Balaban J connectivity index is 0.000000154. The van der Waals surface area contributed by atoms with Gasteiger partial charge in [0.2, 0.25) is 0 Å². The molecule has 3 fully saturated rings. The maximum absolute atomic E-state index is 13.1. The number of hydrogen-bond acceptors (Lipinski definition) is 9. The lowest BCUT2D eigenvalue weighted by Gasteiger charge is -2.33. The summed E-state index contributed by atoms with van der Waals surface area (Å²) in [7, 11) is 0. The van der Waals surface area contributed by atoms with Crippen LogP contribution in [-0.4, -0.2) is 68.9 Å². The van der Waals surface area contributed by atoms with E-state index >= 15 is 0 Å². The Morgan fingerprint density at radius 2 is 0.882 bits per heavy atom. The molecule has 14 rings (SSSR count). The van der Waals surface area contributed by atoms with Crippen LogP contribution >= 0.6 is 0 Å². The number of ether oxygens (including phenoxy) is 1. The molecule has 0 bridgehead atoms. The smallest absolute Gasteiger partial charge is 0.322 e. The number of aryl methyl sites for hydroxylation is 2. The van der Waals surface area contributed by atoms with Gasteiger partial charge < -0.3 is 36.0 Å². The predicted molar refractivity (Wildman–Crippen MR) is 451 cm³/mol. The van der Waals surface area contributed by atoms with Crippen LogP contribution in [0.1, 0.15) is 208 Å². The zero-order valence-corrected chi connectivity index (χ0v) is 64.8. The lowest BCUT2D eigenvalue weighted by atomic mass is 9.77. The van der Waals surface area contributed by atoms with E-state index in [0.717, 1.165) is 186 Å². The highest BCUT2D eigenvalue weighted by Crippen LogP contribution is 2.43. The summed E-state index contributed by atoms with van der Waals surface area (Å²) in [6.45, 7) is 20.9. The summed E-state index contributed by atoms with van der Waals surface area (Å²) in [4.78, 5) is 50.3. The van der Waals surface area contributed by atoms with E-state index in [0.29, 0.717) is 83.5 Å². The number of hydrogen-bond donors (Lipinski definition) is 6. The van der Waals surface area contributed by atoms with Gasteiger partial charge >= 0.3 is 6.03 Å². The van der Waals surface area contributed by atoms with Crippen LogP contribution in [0.25, 0.3) is 55.2 Å². The molecule has 4 amide bonds. The molecule has 3 aliphatic carbocycles.